The number of rotatable bonds is 6. The van der Waals surface area contributed by atoms with E-state index in [0.29, 0.717) is 12.6 Å². The monoisotopic (exact) mass is 227 g/mol. The van der Waals surface area contributed by atoms with Gasteiger partial charge in [0, 0.05) is 17.5 Å². The van der Waals surface area contributed by atoms with Gasteiger partial charge >= 0.3 is 0 Å². The first kappa shape index (κ1) is 12.7. The van der Waals surface area contributed by atoms with Crippen LogP contribution < -0.4 is 5.32 Å². The molecule has 0 aromatic carbocycles. The van der Waals surface area contributed by atoms with Gasteiger partial charge in [-0.3, -0.25) is 0 Å². The molecule has 1 heterocycles. The Morgan fingerprint density at radius 2 is 2.13 bits per heavy atom. The lowest BCUT2D eigenvalue weighted by Gasteiger charge is -2.27. The molecule has 0 aliphatic rings. The summed E-state index contributed by atoms with van der Waals surface area (Å²) in [5.74, 6) is 0. The lowest BCUT2D eigenvalue weighted by atomic mass is 9.97. The Balaban J connectivity index is 2.43. The highest BCUT2D eigenvalue weighted by Gasteiger charge is 2.22. The molecule has 0 bridgehead atoms. The summed E-state index contributed by atoms with van der Waals surface area (Å²) in [5, 5.41) is 15.6. The third-order valence-corrected chi connectivity index (χ3v) is 4.08. The zero-order valence-corrected chi connectivity index (χ0v) is 10.6. The van der Waals surface area contributed by atoms with Gasteiger partial charge in [0.05, 0.1) is 5.60 Å². The average Bonchev–Trinajstić information content (AvgIpc) is 2.79. The molecule has 1 aromatic rings. The van der Waals surface area contributed by atoms with Crippen LogP contribution in [0.4, 0.5) is 0 Å². The molecule has 0 spiro atoms. The molecule has 1 atom stereocenters. The van der Waals surface area contributed by atoms with Crippen molar-refractivity contribution >= 4 is 11.3 Å². The van der Waals surface area contributed by atoms with Gasteiger partial charge in [0.2, 0.25) is 0 Å². The summed E-state index contributed by atoms with van der Waals surface area (Å²) < 4.78 is 0. The van der Waals surface area contributed by atoms with Crippen molar-refractivity contribution in [3.63, 3.8) is 0 Å². The molecular weight excluding hydrogens is 206 g/mol. The van der Waals surface area contributed by atoms with Gasteiger partial charge in [-0.25, -0.2) is 0 Å². The Labute approximate surface area is 96.3 Å². The fourth-order valence-electron chi connectivity index (χ4n) is 1.48. The quantitative estimate of drug-likeness (QED) is 0.783. The summed E-state index contributed by atoms with van der Waals surface area (Å²) in [5.41, 5.74) is -0.550. The van der Waals surface area contributed by atoms with Crippen molar-refractivity contribution in [1.29, 1.82) is 0 Å². The highest BCUT2D eigenvalue weighted by Crippen LogP contribution is 2.20. The van der Waals surface area contributed by atoms with Crippen molar-refractivity contribution in [2.45, 2.75) is 45.3 Å². The molecule has 1 rings (SSSR count). The van der Waals surface area contributed by atoms with Gasteiger partial charge in [0.25, 0.3) is 0 Å². The summed E-state index contributed by atoms with van der Waals surface area (Å²) in [6.45, 7) is 6.86. The predicted molar refractivity (Wildman–Crippen MR) is 66.3 cm³/mol. The van der Waals surface area contributed by atoms with E-state index in [2.05, 4.69) is 29.8 Å². The normalized spacial score (nSPS) is 14.1. The van der Waals surface area contributed by atoms with Crippen molar-refractivity contribution in [2.75, 3.05) is 6.54 Å². The van der Waals surface area contributed by atoms with E-state index in [4.69, 9.17) is 0 Å². The summed E-state index contributed by atoms with van der Waals surface area (Å²) in [7, 11) is 0. The molecule has 0 radical (unpaired) electrons. The highest BCUT2D eigenvalue weighted by molar-refractivity contribution is 7.10. The van der Waals surface area contributed by atoms with E-state index in [1.165, 1.54) is 4.88 Å². The second kappa shape index (κ2) is 5.64. The van der Waals surface area contributed by atoms with Crippen LogP contribution in [0.1, 0.15) is 44.5 Å². The van der Waals surface area contributed by atoms with E-state index in [9.17, 15) is 5.11 Å². The first-order valence-corrected chi connectivity index (χ1v) is 6.48. The molecule has 86 valence electrons. The van der Waals surface area contributed by atoms with Crippen molar-refractivity contribution in [2.24, 2.45) is 0 Å². The fraction of sp³-hybridized carbons (Fsp3) is 0.667. The van der Waals surface area contributed by atoms with E-state index < -0.39 is 5.60 Å². The van der Waals surface area contributed by atoms with Crippen LogP contribution >= 0.6 is 11.3 Å². The molecule has 1 aromatic heterocycles. The molecule has 0 aliphatic carbocycles. The summed E-state index contributed by atoms with van der Waals surface area (Å²) >= 11 is 1.75. The maximum absolute atomic E-state index is 10.1. The van der Waals surface area contributed by atoms with Crippen LogP contribution in [0.15, 0.2) is 17.5 Å². The Morgan fingerprint density at radius 3 is 2.60 bits per heavy atom. The SMILES string of the molecule is CCC(O)(CC)CN[C@@H](C)c1cccs1. The van der Waals surface area contributed by atoms with Gasteiger partial charge in [-0.1, -0.05) is 19.9 Å². The topological polar surface area (TPSA) is 32.3 Å². The number of nitrogens with one attached hydrogen (secondary N) is 1. The summed E-state index contributed by atoms with van der Waals surface area (Å²) in [6, 6.07) is 4.51. The largest absolute Gasteiger partial charge is 0.389 e. The van der Waals surface area contributed by atoms with Gasteiger partial charge in [-0.2, -0.15) is 0 Å². The van der Waals surface area contributed by atoms with Crippen LogP contribution in [0.3, 0.4) is 0 Å². The Kier molecular flexibility index (Phi) is 4.77. The van der Waals surface area contributed by atoms with Crippen molar-refractivity contribution in [3.05, 3.63) is 22.4 Å². The Bertz CT molecular complexity index is 267. The molecule has 0 saturated heterocycles. The minimum Gasteiger partial charge on any atom is -0.389 e. The number of aliphatic hydroxyl groups is 1. The third-order valence-electron chi connectivity index (χ3n) is 3.02. The van der Waals surface area contributed by atoms with E-state index in [-0.39, 0.29) is 0 Å². The molecule has 3 heteroatoms. The maximum atomic E-state index is 10.1. The van der Waals surface area contributed by atoms with Gasteiger partial charge in [0.15, 0.2) is 0 Å². The van der Waals surface area contributed by atoms with Crippen LogP contribution in [0.2, 0.25) is 0 Å². The lowest BCUT2D eigenvalue weighted by Crippen LogP contribution is -2.40. The molecule has 0 amide bonds. The standard InChI is InChI=1S/C12H21NOS/c1-4-12(14,5-2)9-13-10(3)11-7-6-8-15-11/h6-8,10,13-14H,4-5,9H2,1-3H3/t10-/m0/s1. The first-order chi connectivity index (χ1) is 7.11. The Morgan fingerprint density at radius 1 is 1.47 bits per heavy atom. The molecule has 0 aliphatic heterocycles. The predicted octanol–water partition coefficient (Wildman–Crippen LogP) is 2.95. The molecule has 15 heavy (non-hydrogen) atoms. The van der Waals surface area contributed by atoms with E-state index in [0.717, 1.165) is 12.8 Å². The third kappa shape index (κ3) is 3.59. The molecular formula is C12H21NOS. The van der Waals surface area contributed by atoms with Crippen LogP contribution in [-0.2, 0) is 0 Å². The first-order valence-electron chi connectivity index (χ1n) is 5.60. The van der Waals surface area contributed by atoms with Gasteiger partial charge < -0.3 is 10.4 Å². The van der Waals surface area contributed by atoms with Gasteiger partial charge in [-0.15, -0.1) is 11.3 Å². The van der Waals surface area contributed by atoms with Crippen LogP contribution in [0.25, 0.3) is 0 Å². The van der Waals surface area contributed by atoms with Crippen LogP contribution in [0.5, 0.6) is 0 Å². The van der Waals surface area contributed by atoms with E-state index in [1.54, 1.807) is 11.3 Å². The maximum Gasteiger partial charge on any atom is 0.0766 e. The Hall–Kier alpha value is -0.380. The summed E-state index contributed by atoms with van der Waals surface area (Å²) in [4.78, 5) is 1.32. The zero-order chi connectivity index (χ0) is 11.3. The van der Waals surface area contributed by atoms with Crippen LogP contribution in [-0.4, -0.2) is 17.3 Å². The molecule has 2 N–H and O–H groups in total. The molecule has 0 unspecified atom stereocenters. The second-order valence-electron chi connectivity index (χ2n) is 4.05. The number of hydrogen-bond acceptors (Lipinski definition) is 3. The van der Waals surface area contributed by atoms with E-state index >= 15 is 0 Å². The minimum atomic E-state index is -0.550. The number of hydrogen-bond donors (Lipinski definition) is 2. The average molecular weight is 227 g/mol. The van der Waals surface area contributed by atoms with Crippen molar-refractivity contribution in [3.8, 4) is 0 Å². The zero-order valence-electron chi connectivity index (χ0n) is 9.79. The number of thiophene rings is 1. The van der Waals surface area contributed by atoms with Gasteiger partial charge in [-0.05, 0) is 31.2 Å². The van der Waals surface area contributed by atoms with E-state index in [1.807, 2.05) is 13.8 Å². The van der Waals surface area contributed by atoms with Gasteiger partial charge in [0.1, 0.15) is 0 Å². The molecule has 2 nitrogen and oxygen atoms in total. The van der Waals surface area contributed by atoms with Crippen LogP contribution in [0, 0.1) is 0 Å². The summed E-state index contributed by atoms with van der Waals surface area (Å²) in [6.07, 6.45) is 1.60. The van der Waals surface area contributed by atoms with Crippen molar-refractivity contribution in [1.82, 2.24) is 5.32 Å². The molecule has 0 fully saturated rings. The lowest BCUT2D eigenvalue weighted by molar-refractivity contribution is 0.0304. The molecule has 0 saturated carbocycles. The van der Waals surface area contributed by atoms with Crippen molar-refractivity contribution < 1.29 is 5.11 Å². The smallest absolute Gasteiger partial charge is 0.0766 e. The highest BCUT2D eigenvalue weighted by atomic mass is 32.1. The fourth-order valence-corrected chi connectivity index (χ4v) is 2.24. The second-order valence-corrected chi connectivity index (χ2v) is 5.03. The minimum absolute atomic E-state index is 0.328.